The zero-order valence-electron chi connectivity index (χ0n) is 48.9. The standard InChI is InChI=1S/C34H43ClN2O4S.C33H41ClN2O4S/c1-22-7-5-9-31(40-3)28-13-10-26(28)19-37-20-34(16-6-8-24-17-27(35)12-14-29(24)34)21-41-32-15-11-25(18-30(32)37)33(38)36-42(4,39)23(22)2;1-21-6-4-8-30(37)27-12-9-25(27)18-36-19-33(15-5-7-23-16-26(34)11-13-28(23)33)20-40-31-14-10-24(17-29(31)36)32(38)35-41(3,39)22(21)2/h5,9,11-12,14-15,17-18,22-23,26,28,31H,4,6-8,10,13,16,19-21H2,1-3H3,(H,36,38,39);4,8,10-11,13-14,16-17,21-22,25,27,30,37H,3,5-7,9,12,15,18-20H2,1-2H3,(H,35,38,39)/b9-5+;8-4+/t22-,23+,26-,28+,31-,34-,42?;21-,22+,25-,27+,30-,33-,41?/m00/s1. The number of fused-ring (bicyclic) bond motifs is 8. The summed E-state index contributed by atoms with van der Waals surface area (Å²) in [6, 6.07) is 23.7. The van der Waals surface area contributed by atoms with Crippen molar-refractivity contribution in [3.8, 4) is 11.5 Å². The van der Waals surface area contributed by atoms with Crippen LogP contribution < -0.4 is 28.7 Å². The van der Waals surface area contributed by atoms with Crippen molar-refractivity contribution in [2.45, 2.75) is 138 Å². The lowest BCUT2D eigenvalue weighted by atomic mass is 9.68. The lowest BCUT2D eigenvalue weighted by Crippen LogP contribution is -2.49. The number of anilines is 2. The van der Waals surface area contributed by atoms with Gasteiger partial charge in [0.1, 0.15) is 11.5 Å². The van der Waals surface area contributed by atoms with E-state index in [1.54, 1.807) is 19.2 Å². The van der Waals surface area contributed by atoms with Gasteiger partial charge in [-0.25, -0.2) is 8.42 Å². The maximum absolute atomic E-state index is 13.7. The molecule has 2 spiro atoms. The van der Waals surface area contributed by atoms with Gasteiger partial charge in [0, 0.05) is 75.8 Å². The third kappa shape index (κ3) is 12.1. The third-order valence-corrected chi connectivity index (χ3v) is 25.5. The number of aliphatic hydroxyl groups excluding tert-OH is 1. The van der Waals surface area contributed by atoms with E-state index in [4.69, 9.17) is 37.4 Å². The van der Waals surface area contributed by atoms with Crippen molar-refractivity contribution in [2.75, 3.05) is 56.3 Å². The number of aryl methyl sites for hydroxylation is 2. The average Bonchev–Trinajstić information content (AvgIpc) is 2.84. The Balaban J connectivity index is 0.000000174. The molecule has 4 aliphatic heterocycles. The molecule has 12 rings (SSSR count). The lowest BCUT2D eigenvalue weighted by molar-refractivity contribution is 0.0131. The van der Waals surface area contributed by atoms with E-state index in [1.165, 1.54) is 22.3 Å². The van der Waals surface area contributed by atoms with Crippen LogP contribution in [0.1, 0.15) is 135 Å². The molecule has 446 valence electrons. The van der Waals surface area contributed by atoms with E-state index in [2.05, 4.69) is 74.3 Å². The van der Waals surface area contributed by atoms with Crippen LogP contribution in [0.15, 0.2) is 97.1 Å². The zero-order valence-corrected chi connectivity index (χ0v) is 52.1. The molecule has 8 aliphatic rings. The van der Waals surface area contributed by atoms with Crippen molar-refractivity contribution in [3.05, 3.63) is 141 Å². The number of benzene rings is 4. The van der Waals surface area contributed by atoms with Crippen LogP contribution in [0.25, 0.3) is 0 Å². The maximum atomic E-state index is 13.7. The number of ether oxygens (including phenoxy) is 3. The predicted octanol–water partition coefficient (Wildman–Crippen LogP) is 11.7. The van der Waals surface area contributed by atoms with Gasteiger partial charge in [0.2, 0.25) is 0 Å². The number of carbonyl (C=O) groups is 2. The van der Waals surface area contributed by atoms with Crippen LogP contribution >= 0.6 is 23.2 Å². The van der Waals surface area contributed by atoms with Crippen LogP contribution in [0.2, 0.25) is 10.0 Å². The first kappa shape index (κ1) is 59.8. The Hall–Kier alpha value is -4.96. The Kier molecular flexibility index (Phi) is 17.3. The molecule has 14 atom stereocenters. The van der Waals surface area contributed by atoms with E-state index in [-0.39, 0.29) is 57.0 Å². The van der Waals surface area contributed by atoms with Gasteiger partial charge in [-0.15, -0.1) is 0 Å². The molecule has 2 amide bonds. The Morgan fingerprint density at radius 3 is 1.54 bits per heavy atom. The van der Waals surface area contributed by atoms with E-state index in [0.29, 0.717) is 48.5 Å². The maximum Gasteiger partial charge on any atom is 0.262 e. The summed E-state index contributed by atoms with van der Waals surface area (Å²) in [6.45, 7) is 12.1. The summed E-state index contributed by atoms with van der Waals surface area (Å²) >= 11 is 12.8. The van der Waals surface area contributed by atoms with E-state index in [9.17, 15) is 23.1 Å². The highest BCUT2D eigenvalue weighted by Gasteiger charge is 2.47. The number of hydrogen-bond donors (Lipinski definition) is 3. The van der Waals surface area contributed by atoms with E-state index >= 15 is 0 Å². The van der Waals surface area contributed by atoms with Crippen LogP contribution in [0, 0.1) is 35.5 Å². The number of halogens is 2. The van der Waals surface area contributed by atoms with Crippen molar-refractivity contribution in [2.24, 2.45) is 35.5 Å². The number of nitrogens with zero attached hydrogens (tertiary/aromatic N) is 2. The zero-order chi connectivity index (χ0) is 58.6. The molecule has 4 aromatic rings. The molecule has 0 radical (unpaired) electrons. The number of allylic oxidation sites excluding steroid dienone is 2. The summed E-state index contributed by atoms with van der Waals surface area (Å²) in [4.78, 5) is 31.8. The molecule has 4 bridgehead atoms. The second-order valence-corrected chi connectivity index (χ2v) is 31.4. The second-order valence-electron chi connectivity index (χ2n) is 25.8. The minimum atomic E-state index is -2.91. The number of rotatable bonds is 1. The molecular weight excluding hydrogens is 1120 g/mol. The molecule has 4 heterocycles. The number of carbonyl (C=O) groups excluding carboxylic acids is 2. The molecule has 16 heteroatoms. The average molecular weight is 1210 g/mol. The SMILES string of the molecule is C=S1(=O)NC(=O)c2ccc3c(c2)N(C[C@@H]2CC[C@H]2[C@@H](O)/C=C/C[C@H](C)[C@H]1C)C[C@@]1(CCCc2cc(Cl)ccc21)CO3.C=S1(=O)NC(=O)c2ccc3c(c2)N(C[C@@H]2CC[C@H]2[C@@H](OC)/C=C/C[C@H](C)[C@H]1C)C[C@@]1(CCCc2cc(Cl)ccc21)CO3. The van der Waals surface area contributed by atoms with E-state index < -0.39 is 25.5 Å². The molecule has 2 unspecified atom stereocenters. The quantitative estimate of drug-likeness (QED) is 0.124. The van der Waals surface area contributed by atoms with Crippen LogP contribution in [-0.2, 0) is 47.8 Å². The third-order valence-electron chi connectivity index (χ3n) is 20.6. The van der Waals surface area contributed by atoms with Crippen LogP contribution in [-0.4, -0.2) is 106 Å². The fourth-order valence-electron chi connectivity index (χ4n) is 14.8. The van der Waals surface area contributed by atoms with Gasteiger partial charge in [0.15, 0.2) is 0 Å². The summed E-state index contributed by atoms with van der Waals surface area (Å²) in [5, 5.41) is 12.0. The molecule has 4 aromatic carbocycles. The first-order valence-corrected chi connectivity index (χ1v) is 34.5. The van der Waals surface area contributed by atoms with Crippen LogP contribution in [0.5, 0.6) is 11.5 Å². The monoisotopic (exact) mass is 1210 g/mol. The Morgan fingerprint density at radius 2 is 1.10 bits per heavy atom. The van der Waals surface area contributed by atoms with E-state index in [1.807, 2.05) is 69.3 Å². The topological polar surface area (TPSA) is 147 Å². The number of aliphatic hydroxyl groups is 1. The minimum absolute atomic E-state index is 0.0224. The summed E-state index contributed by atoms with van der Waals surface area (Å²) in [5.41, 5.74) is 7.49. The normalized spacial score (nSPS) is 35.9. The Labute approximate surface area is 503 Å². The minimum Gasteiger partial charge on any atom is -0.490 e. The van der Waals surface area contributed by atoms with Crippen molar-refractivity contribution >= 4 is 77.5 Å². The molecule has 2 fully saturated rings. The predicted molar refractivity (Wildman–Crippen MR) is 340 cm³/mol. The molecule has 0 aromatic heterocycles. The molecule has 83 heavy (non-hydrogen) atoms. The highest BCUT2D eigenvalue weighted by atomic mass is 35.5. The summed E-state index contributed by atoms with van der Waals surface area (Å²) in [5.74, 6) is 10.2. The number of methoxy groups -OCH3 is 1. The van der Waals surface area contributed by atoms with Gasteiger partial charge < -0.3 is 29.1 Å². The molecule has 12 nitrogen and oxygen atoms in total. The summed E-state index contributed by atoms with van der Waals surface area (Å²) < 4.78 is 52.0. The highest BCUT2D eigenvalue weighted by molar-refractivity contribution is 7.99. The molecular formula is C67H84Cl2N4O8S2. The van der Waals surface area contributed by atoms with Gasteiger partial charge in [-0.05, 0) is 221 Å². The van der Waals surface area contributed by atoms with Gasteiger partial charge in [0.25, 0.3) is 11.8 Å². The highest BCUT2D eigenvalue weighted by Crippen LogP contribution is 2.49. The number of amides is 2. The molecule has 4 aliphatic carbocycles. The van der Waals surface area contributed by atoms with Gasteiger partial charge in [-0.1, -0.05) is 73.5 Å². The van der Waals surface area contributed by atoms with E-state index in [0.717, 1.165) is 130 Å². The van der Waals surface area contributed by atoms with Crippen molar-refractivity contribution in [1.82, 2.24) is 9.44 Å². The summed E-state index contributed by atoms with van der Waals surface area (Å²) in [6.07, 6.45) is 19.7. The Bertz CT molecular complexity index is 3410. The van der Waals surface area contributed by atoms with Crippen molar-refractivity contribution < 1.29 is 37.3 Å². The van der Waals surface area contributed by atoms with Crippen molar-refractivity contribution in [1.29, 1.82) is 0 Å². The first-order valence-electron chi connectivity index (χ1n) is 30.2. The lowest BCUT2D eigenvalue weighted by Gasteiger charge is -2.46. The Morgan fingerprint density at radius 1 is 0.639 bits per heavy atom. The van der Waals surface area contributed by atoms with Crippen LogP contribution in [0.4, 0.5) is 11.4 Å². The number of nitrogens with one attached hydrogen (secondary N) is 2. The van der Waals surface area contributed by atoms with Gasteiger partial charge in [0.05, 0.1) is 56.2 Å². The second kappa shape index (κ2) is 24.1. The van der Waals surface area contributed by atoms with Gasteiger partial charge in [-0.3, -0.25) is 19.0 Å². The number of hydrogen-bond acceptors (Lipinski definition) is 10. The molecule has 2 saturated carbocycles. The molecule has 3 N–H and O–H groups in total. The summed E-state index contributed by atoms with van der Waals surface area (Å²) in [7, 11) is -4.00. The van der Waals surface area contributed by atoms with Gasteiger partial charge >= 0.3 is 0 Å². The van der Waals surface area contributed by atoms with Gasteiger partial charge in [-0.2, -0.15) is 0 Å². The largest absolute Gasteiger partial charge is 0.490 e. The fourth-order valence-corrected chi connectivity index (χ4v) is 18.1. The smallest absolute Gasteiger partial charge is 0.262 e. The molecule has 0 saturated heterocycles. The van der Waals surface area contributed by atoms with Crippen molar-refractivity contribution in [3.63, 3.8) is 0 Å². The first-order chi connectivity index (χ1) is 39.7. The van der Waals surface area contributed by atoms with Crippen LogP contribution in [0.3, 0.4) is 0 Å². The fraction of sp³-hybridized carbons (Fsp3) is 0.522.